The van der Waals surface area contributed by atoms with Crippen molar-refractivity contribution in [1.29, 1.82) is 0 Å². The number of carbonyl (C=O) groups excluding carboxylic acids is 1. The molecule has 2 atom stereocenters. The smallest absolute Gasteiger partial charge is 0.244 e. The van der Waals surface area contributed by atoms with Crippen LogP contribution in [-0.2, 0) is 14.8 Å². The molecule has 0 spiro atoms. The van der Waals surface area contributed by atoms with Crippen LogP contribution in [0.3, 0.4) is 0 Å². The molecule has 2 rings (SSSR count). The standard InChI is InChI=1S/C21H27ClN2O3S/c1-15(2)14-20(17-8-6-5-7-9-17)23-21(25)16(3)24(28(4,26)27)19-12-10-18(22)11-13-19/h5-13,15-16,20H,14H2,1-4H3,(H,23,25)/t16-,20+/m0/s1. The van der Waals surface area contributed by atoms with Crippen LogP contribution in [0.15, 0.2) is 54.6 Å². The van der Waals surface area contributed by atoms with Crippen LogP contribution in [0.1, 0.15) is 38.8 Å². The zero-order valence-corrected chi connectivity index (χ0v) is 18.2. The molecule has 0 aliphatic carbocycles. The summed E-state index contributed by atoms with van der Waals surface area (Å²) < 4.78 is 25.9. The zero-order chi connectivity index (χ0) is 20.9. The Kier molecular flexibility index (Phi) is 7.49. The third kappa shape index (κ3) is 5.97. The van der Waals surface area contributed by atoms with E-state index in [1.54, 1.807) is 31.2 Å². The molecule has 28 heavy (non-hydrogen) atoms. The van der Waals surface area contributed by atoms with Crippen LogP contribution >= 0.6 is 11.6 Å². The first-order valence-electron chi connectivity index (χ1n) is 9.20. The highest BCUT2D eigenvalue weighted by molar-refractivity contribution is 7.92. The van der Waals surface area contributed by atoms with E-state index in [1.165, 1.54) is 0 Å². The number of hydrogen-bond donors (Lipinski definition) is 1. The molecule has 0 radical (unpaired) electrons. The van der Waals surface area contributed by atoms with Crippen molar-refractivity contribution in [3.05, 3.63) is 65.2 Å². The lowest BCUT2D eigenvalue weighted by molar-refractivity contribution is -0.122. The van der Waals surface area contributed by atoms with Crippen LogP contribution in [0, 0.1) is 5.92 Å². The topological polar surface area (TPSA) is 66.5 Å². The van der Waals surface area contributed by atoms with E-state index in [4.69, 9.17) is 11.6 Å². The number of benzene rings is 2. The van der Waals surface area contributed by atoms with E-state index >= 15 is 0 Å². The molecule has 0 aromatic heterocycles. The molecule has 0 unspecified atom stereocenters. The van der Waals surface area contributed by atoms with Crippen molar-refractivity contribution in [1.82, 2.24) is 5.32 Å². The molecule has 1 amide bonds. The highest BCUT2D eigenvalue weighted by Crippen LogP contribution is 2.25. The quantitative estimate of drug-likeness (QED) is 0.685. The van der Waals surface area contributed by atoms with Crippen molar-refractivity contribution in [3.8, 4) is 0 Å². The molecular formula is C21H27ClN2O3S. The van der Waals surface area contributed by atoms with Crippen molar-refractivity contribution in [3.63, 3.8) is 0 Å². The maximum Gasteiger partial charge on any atom is 0.244 e. The van der Waals surface area contributed by atoms with Gasteiger partial charge in [0.05, 0.1) is 18.0 Å². The fraction of sp³-hybridized carbons (Fsp3) is 0.381. The monoisotopic (exact) mass is 422 g/mol. The highest BCUT2D eigenvalue weighted by atomic mass is 35.5. The predicted molar refractivity (Wildman–Crippen MR) is 115 cm³/mol. The molecule has 0 heterocycles. The van der Waals surface area contributed by atoms with Crippen LogP contribution in [-0.4, -0.2) is 26.6 Å². The van der Waals surface area contributed by atoms with Gasteiger partial charge in [0.2, 0.25) is 15.9 Å². The fourth-order valence-electron chi connectivity index (χ4n) is 3.12. The lowest BCUT2D eigenvalue weighted by Gasteiger charge is -2.30. The average molecular weight is 423 g/mol. The molecule has 1 N–H and O–H groups in total. The van der Waals surface area contributed by atoms with Crippen molar-refractivity contribution in [2.45, 2.75) is 39.3 Å². The number of sulfonamides is 1. The number of amides is 1. The molecule has 2 aromatic rings. The number of nitrogens with one attached hydrogen (secondary N) is 1. The summed E-state index contributed by atoms with van der Waals surface area (Å²) in [4.78, 5) is 13.0. The summed E-state index contributed by atoms with van der Waals surface area (Å²) in [7, 11) is -3.67. The van der Waals surface area contributed by atoms with E-state index in [9.17, 15) is 13.2 Å². The van der Waals surface area contributed by atoms with Gasteiger partial charge in [0.1, 0.15) is 6.04 Å². The van der Waals surface area contributed by atoms with E-state index in [1.807, 2.05) is 30.3 Å². The van der Waals surface area contributed by atoms with E-state index in [-0.39, 0.29) is 11.9 Å². The zero-order valence-electron chi connectivity index (χ0n) is 16.6. The van der Waals surface area contributed by atoms with Crippen molar-refractivity contribution >= 4 is 33.2 Å². The minimum atomic E-state index is -3.67. The molecule has 0 saturated heterocycles. The predicted octanol–water partition coefficient (Wildman–Crippen LogP) is 4.40. The maximum absolute atomic E-state index is 13.0. The van der Waals surface area contributed by atoms with Crippen molar-refractivity contribution in [2.75, 3.05) is 10.6 Å². The van der Waals surface area contributed by atoms with Gasteiger partial charge < -0.3 is 5.32 Å². The maximum atomic E-state index is 13.0. The van der Waals surface area contributed by atoms with Crippen LogP contribution in [0.2, 0.25) is 5.02 Å². The van der Waals surface area contributed by atoms with Gasteiger partial charge in [-0.2, -0.15) is 0 Å². The molecule has 0 bridgehead atoms. The number of nitrogens with zero attached hydrogens (tertiary/aromatic N) is 1. The Morgan fingerprint density at radius 3 is 2.11 bits per heavy atom. The molecule has 2 aromatic carbocycles. The first-order valence-corrected chi connectivity index (χ1v) is 11.4. The van der Waals surface area contributed by atoms with Gasteiger partial charge >= 0.3 is 0 Å². The average Bonchev–Trinajstić information content (AvgIpc) is 2.62. The van der Waals surface area contributed by atoms with Gasteiger partial charge in [-0.15, -0.1) is 0 Å². The van der Waals surface area contributed by atoms with E-state index in [0.29, 0.717) is 16.6 Å². The molecule has 7 heteroatoms. The van der Waals surface area contributed by atoms with Gasteiger partial charge in [0.15, 0.2) is 0 Å². The molecule has 0 aliphatic heterocycles. The van der Waals surface area contributed by atoms with Gasteiger partial charge in [-0.25, -0.2) is 8.42 Å². The lowest BCUT2D eigenvalue weighted by Crippen LogP contribution is -2.48. The number of anilines is 1. The van der Waals surface area contributed by atoms with Gasteiger partial charge in [0.25, 0.3) is 0 Å². The van der Waals surface area contributed by atoms with Crippen LogP contribution in [0.25, 0.3) is 0 Å². The van der Waals surface area contributed by atoms with Crippen molar-refractivity contribution < 1.29 is 13.2 Å². The molecule has 0 saturated carbocycles. The Balaban J connectivity index is 2.29. The SMILES string of the molecule is CC(C)C[C@@H](NC(=O)[C@H](C)N(c1ccc(Cl)cc1)S(C)(=O)=O)c1ccccc1. The van der Waals surface area contributed by atoms with Crippen LogP contribution < -0.4 is 9.62 Å². The Bertz CT molecular complexity index is 884. The van der Waals surface area contributed by atoms with Gasteiger partial charge in [-0.1, -0.05) is 55.8 Å². The largest absolute Gasteiger partial charge is 0.347 e. The summed E-state index contributed by atoms with van der Waals surface area (Å²) in [6.07, 6.45) is 1.84. The normalized spacial score (nSPS) is 13.8. The molecular weight excluding hydrogens is 396 g/mol. The molecule has 0 fully saturated rings. The van der Waals surface area contributed by atoms with Gasteiger partial charge in [-0.05, 0) is 49.1 Å². The summed E-state index contributed by atoms with van der Waals surface area (Å²) in [5.41, 5.74) is 1.39. The Hall–Kier alpha value is -2.05. The lowest BCUT2D eigenvalue weighted by atomic mass is 9.96. The Labute approximate surface area is 172 Å². The fourth-order valence-corrected chi connectivity index (χ4v) is 4.43. The van der Waals surface area contributed by atoms with E-state index in [2.05, 4.69) is 19.2 Å². The number of carbonyl (C=O) groups is 1. The van der Waals surface area contributed by atoms with Gasteiger partial charge in [0, 0.05) is 5.02 Å². The third-order valence-corrected chi connectivity index (χ3v) is 5.89. The van der Waals surface area contributed by atoms with Crippen LogP contribution in [0.4, 0.5) is 5.69 Å². The minimum Gasteiger partial charge on any atom is -0.347 e. The summed E-state index contributed by atoms with van der Waals surface area (Å²) in [6.45, 7) is 5.76. The second-order valence-electron chi connectivity index (χ2n) is 7.31. The van der Waals surface area contributed by atoms with Crippen LogP contribution in [0.5, 0.6) is 0 Å². The van der Waals surface area contributed by atoms with Crippen molar-refractivity contribution in [2.24, 2.45) is 5.92 Å². The number of hydrogen-bond acceptors (Lipinski definition) is 3. The third-order valence-electron chi connectivity index (χ3n) is 4.40. The number of halogens is 1. The summed E-state index contributed by atoms with van der Waals surface area (Å²) in [5, 5.41) is 3.52. The summed E-state index contributed by atoms with van der Waals surface area (Å²) in [5.74, 6) is 0.0120. The molecule has 5 nitrogen and oxygen atoms in total. The first-order chi connectivity index (χ1) is 13.1. The summed E-state index contributed by atoms with van der Waals surface area (Å²) in [6, 6.07) is 15.0. The molecule has 0 aliphatic rings. The first kappa shape index (κ1) is 22.2. The molecule has 152 valence electrons. The van der Waals surface area contributed by atoms with E-state index in [0.717, 1.165) is 22.5 Å². The summed E-state index contributed by atoms with van der Waals surface area (Å²) >= 11 is 5.91. The minimum absolute atomic E-state index is 0.192. The van der Waals surface area contributed by atoms with Gasteiger partial charge in [-0.3, -0.25) is 9.10 Å². The Morgan fingerprint density at radius 2 is 1.61 bits per heavy atom. The second-order valence-corrected chi connectivity index (χ2v) is 9.61. The highest BCUT2D eigenvalue weighted by Gasteiger charge is 2.30. The number of rotatable bonds is 8. The second kappa shape index (κ2) is 9.43. The Morgan fingerprint density at radius 1 is 1.04 bits per heavy atom. The van der Waals surface area contributed by atoms with E-state index < -0.39 is 16.1 Å².